The zero-order valence-corrected chi connectivity index (χ0v) is 10.1. The van der Waals surface area contributed by atoms with Crippen LogP contribution in [0.15, 0.2) is 30.3 Å². The molecule has 0 aliphatic heterocycles. The van der Waals surface area contributed by atoms with Crippen molar-refractivity contribution in [3.63, 3.8) is 0 Å². The first kappa shape index (κ1) is 12.6. The van der Waals surface area contributed by atoms with E-state index in [2.05, 4.69) is 10.6 Å². The monoisotopic (exact) mass is 236 g/mol. The molecule has 3 nitrogen and oxygen atoms in total. The van der Waals surface area contributed by atoms with Gasteiger partial charge >= 0.3 is 0 Å². The molecular formula is C12H16N2OS. The lowest BCUT2D eigenvalue weighted by atomic mass is 10.2. The van der Waals surface area contributed by atoms with E-state index in [9.17, 15) is 4.79 Å². The fraction of sp³-hybridized carbons (Fsp3) is 0.333. The summed E-state index contributed by atoms with van der Waals surface area (Å²) in [6.45, 7) is 2.32. The van der Waals surface area contributed by atoms with Crippen molar-refractivity contribution in [1.29, 1.82) is 0 Å². The summed E-state index contributed by atoms with van der Waals surface area (Å²) in [7, 11) is 0. The zero-order chi connectivity index (χ0) is 11.8. The van der Waals surface area contributed by atoms with E-state index in [0.29, 0.717) is 11.5 Å². The second-order valence-corrected chi connectivity index (χ2v) is 3.96. The Labute approximate surface area is 101 Å². The molecule has 0 bridgehead atoms. The van der Waals surface area contributed by atoms with Crippen molar-refractivity contribution >= 4 is 28.8 Å². The van der Waals surface area contributed by atoms with Gasteiger partial charge < -0.3 is 15.4 Å². The largest absolute Gasteiger partial charge is 0.362 e. The smallest absolute Gasteiger partial charge is 0.170 e. The highest BCUT2D eigenvalue weighted by Crippen LogP contribution is 2.04. The molecule has 0 atom stereocenters. The van der Waals surface area contributed by atoms with Crippen LogP contribution in [-0.4, -0.2) is 17.4 Å². The van der Waals surface area contributed by atoms with Crippen molar-refractivity contribution in [1.82, 2.24) is 5.32 Å². The highest BCUT2D eigenvalue weighted by atomic mass is 32.1. The quantitative estimate of drug-likeness (QED) is 0.608. The fourth-order valence-electron chi connectivity index (χ4n) is 1.24. The number of anilines is 1. The Hall–Kier alpha value is -1.42. The van der Waals surface area contributed by atoms with E-state index in [-0.39, 0.29) is 5.78 Å². The lowest BCUT2D eigenvalue weighted by molar-refractivity contribution is -0.117. The summed E-state index contributed by atoms with van der Waals surface area (Å²) in [5, 5.41) is 6.71. The van der Waals surface area contributed by atoms with Crippen LogP contribution in [0.4, 0.5) is 5.69 Å². The van der Waals surface area contributed by atoms with Gasteiger partial charge in [0, 0.05) is 18.7 Å². The molecule has 1 aromatic rings. The van der Waals surface area contributed by atoms with Crippen LogP contribution in [0.3, 0.4) is 0 Å². The molecule has 0 aliphatic carbocycles. The summed E-state index contributed by atoms with van der Waals surface area (Å²) in [6.07, 6.45) is 1.41. The molecule has 16 heavy (non-hydrogen) atoms. The number of carbonyl (C=O) groups excluding carboxylic acids is 1. The number of nitrogens with one attached hydrogen (secondary N) is 2. The van der Waals surface area contributed by atoms with Crippen LogP contribution in [0.1, 0.15) is 19.8 Å². The van der Waals surface area contributed by atoms with Crippen LogP contribution >= 0.6 is 12.2 Å². The first-order valence-electron chi connectivity index (χ1n) is 5.28. The van der Waals surface area contributed by atoms with Gasteiger partial charge in [0.15, 0.2) is 5.11 Å². The van der Waals surface area contributed by atoms with E-state index in [1.165, 1.54) is 0 Å². The van der Waals surface area contributed by atoms with Gasteiger partial charge in [0.2, 0.25) is 0 Å². The van der Waals surface area contributed by atoms with Gasteiger partial charge in [-0.1, -0.05) is 18.2 Å². The molecule has 0 spiro atoms. The maximum absolute atomic E-state index is 10.7. The van der Waals surface area contributed by atoms with Crippen molar-refractivity contribution in [2.45, 2.75) is 19.8 Å². The molecule has 0 aromatic heterocycles. The standard InChI is InChI=1S/C12H16N2OS/c1-10(15)6-5-9-13-12(16)14-11-7-3-2-4-8-11/h2-4,7-8H,5-6,9H2,1H3,(H2,13,14,16). The Balaban J connectivity index is 2.19. The fourth-order valence-corrected chi connectivity index (χ4v) is 1.46. The van der Waals surface area contributed by atoms with Gasteiger partial charge in [-0.05, 0) is 37.7 Å². The molecule has 2 N–H and O–H groups in total. The van der Waals surface area contributed by atoms with Crippen LogP contribution in [0, 0.1) is 0 Å². The van der Waals surface area contributed by atoms with Crippen molar-refractivity contribution in [3.05, 3.63) is 30.3 Å². The van der Waals surface area contributed by atoms with Crippen molar-refractivity contribution in [2.75, 3.05) is 11.9 Å². The summed E-state index contributed by atoms with van der Waals surface area (Å²) in [4.78, 5) is 10.7. The lowest BCUT2D eigenvalue weighted by Crippen LogP contribution is -2.29. The van der Waals surface area contributed by atoms with Crippen LogP contribution < -0.4 is 10.6 Å². The van der Waals surface area contributed by atoms with Gasteiger partial charge in [0.05, 0.1) is 0 Å². The van der Waals surface area contributed by atoms with E-state index >= 15 is 0 Å². The third-order valence-corrected chi connectivity index (χ3v) is 2.27. The first-order chi connectivity index (χ1) is 7.68. The summed E-state index contributed by atoms with van der Waals surface area (Å²) >= 11 is 5.11. The molecule has 0 fully saturated rings. The number of hydrogen-bond donors (Lipinski definition) is 2. The molecule has 0 aliphatic rings. The molecule has 0 heterocycles. The third kappa shape index (κ3) is 5.46. The first-order valence-corrected chi connectivity index (χ1v) is 5.68. The highest BCUT2D eigenvalue weighted by Gasteiger charge is 1.97. The third-order valence-electron chi connectivity index (χ3n) is 2.02. The molecule has 86 valence electrons. The average molecular weight is 236 g/mol. The molecule has 0 radical (unpaired) electrons. The van der Waals surface area contributed by atoms with Crippen LogP contribution in [0.25, 0.3) is 0 Å². The van der Waals surface area contributed by atoms with Crippen molar-refractivity contribution in [2.24, 2.45) is 0 Å². The Morgan fingerprint density at radius 2 is 2.00 bits per heavy atom. The number of ketones is 1. The number of Topliss-reactive ketones (excluding diaryl/α,β-unsaturated/α-hetero) is 1. The Kier molecular flexibility index (Phi) is 5.50. The molecule has 0 saturated carbocycles. The van der Waals surface area contributed by atoms with E-state index in [4.69, 9.17) is 12.2 Å². The van der Waals surface area contributed by atoms with Gasteiger partial charge in [0.25, 0.3) is 0 Å². The minimum absolute atomic E-state index is 0.212. The number of benzene rings is 1. The van der Waals surface area contributed by atoms with E-state index in [1.807, 2.05) is 30.3 Å². The second-order valence-electron chi connectivity index (χ2n) is 3.55. The van der Waals surface area contributed by atoms with Gasteiger partial charge in [0.1, 0.15) is 5.78 Å². The second kappa shape index (κ2) is 6.95. The van der Waals surface area contributed by atoms with Crippen molar-refractivity contribution in [3.8, 4) is 0 Å². The molecule has 4 heteroatoms. The Morgan fingerprint density at radius 3 is 2.62 bits per heavy atom. The van der Waals surface area contributed by atoms with Gasteiger partial charge in [-0.2, -0.15) is 0 Å². The predicted molar refractivity (Wildman–Crippen MR) is 70.6 cm³/mol. The molecular weight excluding hydrogens is 220 g/mol. The lowest BCUT2D eigenvalue weighted by Gasteiger charge is -2.09. The van der Waals surface area contributed by atoms with Crippen LogP contribution in [0.5, 0.6) is 0 Å². The minimum atomic E-state index is 0.212. The number of para-hydroxylation sites is 1. The highest BCUT2D eigenvalue weighted by molar-refractivity contribution is 7.80. The molecule has 0 unspecified atom stereocenters. The van der Waals surface area contributed by atoms with Crippen LogP contribution in [-0.2, 0) is 4.79 Å². The number of hydrogen-bond acceptors (Lipinski definition) is 2. The van der Waals surface area contributed by atoms with Crippen LogP contribution in [0.2, 0.25) is 0 Å². The molecule has 0 amide bonds. The summed E-state index contributed by atoms with van der Waals surface area (Å²) in [6, 6.07) is 9.74. The minimum Gasteiger partial charge on any atom is -0.362 e. The zero-order valence-electron chi connectivity index (χ0n) is 9.32. The van der Waals surface area contributed by atoms with Crippen molar-refractivity contribution < 1.29 is 4.79 Å². The number of thiocarbonyl (C=S) groups is 1. The number of rotatable bonds is 5. The Bertz CT molecular complexity index is 351. The molecule has 0 saturated heterocycles. The normalized spacial score (nSPS) is 9.56. The molecule has 1 rings (SSSR count). The summed E-state index contributed by atoms with van der Waals surface area (Å²) < 4.78 is 0. The van der Waals surface area contributed by atoms with E-state index < -0.39 is 0 Å². The number of carbonyl (C=O) groups is 1. The Morgan fingerprint density at radius 1 is 1.31 bits per heavy atom. The topological polar surface area (TPSA) is 41.1 Å². The van der Waals surface area contributed by atoms with E-state index in [1.54, 1.807) is 6.92 Å². The average Bonchev–Trinajstić information content (AvgIpc) is 2.25. The van der Waals surface area contributed by atoms with E-state index in [0.717, 1.165) is 18.7 Å². The maximum Gasteiger partial charge on any atom is 0.170 e. The molecule has 1 aromatic carbocycles. The van der Waals surface area contributed by atoms with Gasteiger partial charge in [-0.15, -0.1) is 0 Å². The predicted octanol–water partition coefficient (Wildman–Crippen LogP) is 2.34. The van der Waals surface area contributed by atoms with Gasteiger partial charge in [-0.25, -0.2) is 0 Å². The summed E-state index contributed by atoms with van der Waals surface area (Å²) in [5.74, 6) is 0.212. The van der Waals surface area contributed by atoms with Gasteiger partial charge in [-0.3, -0.25) is 0 Å². The summed E-state index contributed by atoms with van der Waals surface area (Å²) in [5.41, 5.74) is 0.964. The SMILES string of the molecule is CC(=O)CCCNC(=S)Nc1ccccc1. The maximum atomic E-state index is 10.7.